The lowest BCUT2D eigenvalue weighted by molar-refractivity contribution is 0.0644. The first-order chi connectivity index (χ1) is 19.2. The van der Waals surface area contributed by atoms with Crippen molar-refractivity contribution in [1.29, 1.82) is 0 Å². The van der Waals surface area contributed by atoms with Crippen molar-refractivity contribution in [1.82, 2.24) is 0 Å². The third-order valence-electron chi connectivity index (χ3n) is 7.47. The molecule has 0 saturated heterocycles. The van der Waals surface area contributed by atoms with Gasteiger partial charge in [0.1, 0.15) is 11.5 Å². The fourth-order valence-electron chi connectivity index (χ4n) is 5.34. The molecule has 2 aliphatic heterocycles. The van der Waals surface area contributed by atoms with Gasteiger partial charge in [0.05, 0.1) is 11.9 Å². The summed E-state index contributed by atoms with van der Waals surface area (Å²) in [5, 5.41) is 2.10. The van der Waals surface area contributed by atoms with Crippen molar-refractivity contribution in [3.8, 4) is 17.2 Å². The van der Waals surface area contributed by atoms with Gasteiger partial charge in [0, 0.05) is 29.7 Å². The summed E-state index contributed by atoms with van der Waals surface area (Å²) in [4.78, 5) is 2.50. The van der Waals surface area contributed by atoms with Crippen LogP contribution in [0.1, 0.15) is 56.8 Å². The number of benzene rings is 4. The molecule has 0 aromatic heterocycles. The van der Waals surface area contributed by atoms with Gasteiger partial charge in [-0.2, -0.15) is 0 Å². The third kappa shape index (κ3) is 5.21. The molecule has 0 N–H and O–H groups in total. The highest BCUT2D eigenvalue weighted by Crippen LogP contribution is 2.47. The molecule has 4 aromatic rings. The van der Waals surface area contributed by atoms with Gasteiger partial charge in [0.15, 0.2) is 0 Å². The monoisotopic (exact) mass is 520 g/mol. The molecule has 0 fully saturated rings. The van der Waals surface area contributed by atoms with E-state index < -0.39 is 13.1 Å². The fourth-order valence-corrected chi connectivity index (χ4v) is 5.34. The average Bonchev–Trinajstić information content (AvgIpc) is 3.33. The largest absolute Gasteiger partial charge is 0.715 e. The number of para-hydroxylation sites is 2. The van der Waals surface area contributed by atoms with Gasteiger partial charge in [-0.15, -0.1) is 0 Å². The van der Waals surface area contributed by atoms with Crippen LogP contribution in [-0.4, -0.2) is 20.0 Å². The molecule has 0 bridgehead atoms. The van der Waals surface area contributed by atoms with Crippen LogP contribution in [0.3, 0.4) is 0 Å². The van der Waals surface area contributed by atoms with Gasteiger partial charge in [-0.25, -0.2) is 0 Å². The number of hydrogen-bond acceptors (Lipinski definition) is 5. The van der Waals surface area contributed by atoms with Gasteiger partial charge in [0.2, 0.25) is 0 Å². The lowest BCUT2D eigenvalue weighted by Gasteiger charge is -2.43. The Morgan fingerprint density at radius 2 is 1.41 bits per heavy atom. The van der Waals surface area contributed by atoms with E-state index in [1.165, 1.54) is 31.4 Å². The van der Waals surface area contributed by atoms with Crippen LogP contribution in [0.15, 0.2) is 91.0 Å². The minimum absolute atomic E-state index is 0.405. The molecule has 0 unspecified atom stereocenters. The van der Waals surface area contributed by atoms with Crippen molar-refractivity contribution in [3.05, 3.63) is 102 Å². The van der Waals surface area contributed by atoms with Crippen molar-refractivity contribution in [2.24, 2.45) is 0 Å². The Balaban J connectivity index is 1.29. The standard InChI is InChI=1S/C33H35BNO4/c1-3-5-23-35(24-6-4-2)27-19-15-25(16-20-27)17-22-30-29-21-18-26-11-7-8-12-28(26)33(29)39-34(36-30)37-31-13-9-10-14-32(31)38-34/h7-22,30H,3-6,23-24H2,1-2H3/q-1/b22-17+/t30-/m0/s1. The van der Waals surface area contributed by atoms with Crippen LogP contribution < -0.4 is 18.9 Å². The van der Waals surface area contributed by atoms with E-state index in [0.717, 1.165) is 40.7 Å². The molecule has 2 heterocycles. The molecule has 39 heavy (non-hydrogen) atoms. The first-order valence-electron chi connectivity index (χ1n) is 14.2. The second-order valence-corrected chi connectivity index (χ2v) is 10.3. The smallest absolute Gasteiger partial charge is 0.622 e. The number of rotatable bonds is 9. The van der Waals surface area contributed by atoms with E-state index in [2.05, 4.69) is 79.4 Å². The second-order valence-electron chi connectivity index (χ2n) is 10.3. The van der Waals surface area contributed by atoms with E-state index in [0.29, 0.717) is 11.5 Å². The van der Waals surface area contributed by atoms with Crippen molar-refractivity contribution < 1.29 is 18.6 Å². The minimum Gasteiger partial charge on any atom is -0.622 e. The SMILES string of the molecule is CCCCN(CCCC)c1ccc(/C=C/[C@@H]2O[B-]3(Oc4ccccc4O3)Oc3c2ccc2ccccc32)cc1. The molecule has 4 aromatic carbocycles. The van der Waals surface area contributed by atoms with Gasteiger partial charge in [-0.3, -0.25) is 0 Å². The molecule has 0 amide bonds. The molecule has 200 valence electrons. The summed E-state index contributed by atoms with van der Waals surface area (Å²) in [5.41, 5.74) is 3.34. The maximum absolute atomic E-state index is 6.47. The molecular formula is C33H35BNO4-. The Hall–Kier alpha value is -3.90. The normalized spacial score (nSPS) is 16.9. The summed E-state index contributed by atoms with van der Waals surface area (Å²) >= 11 is 0. The van der Waals surface area contributed by atoms with Gasteiger partial charge in [-0.05, 0) is 48.1 Å². The summed E-state index contributed by atoms with van der Waals surface area (Å²) in [6.07, 6.45) is 8.58. The maximum Gasteiger partial charge on any atom is 0.715 e. The lowest BCUT2D eigenvalue weighted by Crippen LogP contribution is -2.57. The molecule has 0 saturated carbocycles. The van der Waals surface area contributed by atoms with Crippen LogP contribution in [0.5, 0.6) is 17.2 Å². The number of anilines is 1. The Labute approximate surface area is 231 Å². The minimum atomic E-state index is -2.50. The fraction of sp³-hybridized carbons (Fsp3) is 0.273. The van der Waals surface area contributed by atoms with Gasteiger partial charge < -0.3 is 23.5 Å². The molecule has 1 spiro atoms. The Morgan fingerprint density at radius 1 is 0.744 bits per heavy atom. The third-order valence-corrected chi connectivity index (χ3v) is 7.47. The van der Waals surface area contributed by atoms with Crippen molar-refractivity contribution in [3.63, 3.8) is 0 Å². The number of unbranched alkanes of at least 4 members (excludes halogenated alkanes) is 2. The molecule has 0 aliphatic carbocycles. The van der Waals surface area contributed by atoms with E-state index in [-0.39, 0.29) is 0 Å². The molecule has 1 atom stereocenters. The van der Waals surface area contributed by atoms with Crippen LogP contribution in [0, 0.1) is 0 Å². The molecule has 2 aliphatic rings. The van der Waals surface area contributed by atoms with E-state index in [1.807, 2.05) is 36.4 Å². The number of fused-ring (bicyclic) bond motifs is 4. The second kappa shape index (κ2) is 11.1. The first-order valence-corrected chi connectivity index (χ1v) is 14.2. The maximum atomic E-state index is 6.47. The number of nitrogens with zero attached hydrogens (tertiary/aromatic N) is 1. The van der Waals surface area contributed by atoms with E-state index in [1.54, 1.807) is 0 Å². The van der Waals surface area contributed by atoms with Crippen molar-refractivity contribution in [2.75, 3.05) is 18.0 Å². The highest BCUT2D eigenvalue weighted by Gasteiger charge is 2.50. The lowest BCUT2D eigenvalue weighted by atomic mass is 9.93. The molecule has 6 rings (SSSR count). The predicted octanol–water partition coefficient (Wildman–Crippen LogP) is 8.32. The van der Waals surface area contributed by atoms with E-state index in [4.69, 9.17) is 18.6 Å². The first kappa shape index (κ1) is 25.4. The highest BCUT2D eigenvalue weighted by molar-refractivity contribution is 6.57. The Kier molecular flexibility index (Phi) is 7.21. The zero-order valence-electron chi connectivity index (χ0n) is 22.7. The summed E-state index contributed by atoms with van der Waals surface area (Å²) in [7, 11) is 0. The van der Waals surface area contributed by atoms with Crippen LogP contribution in [0.4, 0.5) is 5.69 Å². The van der Waals surface area contributed by atoms with E-state index in [9.17, 15) is 0 Å². The Morgan fingerprint density at radius 3 is 2.10 bits per heavy atom. The topological polar surface area (TPSA) is 40.2 Å². The van der Waals surface area contributed by atoms with Crippen LogP contribution >= 0.6 is 0 Å². The van der Waals surface area contributed by atoms with Gasteiger partial charge in [-0.1, -0.05) is 99.5 Å². The summed E-state index contributed by atoms with van der Waals surface area (Å²) < 4.78 is 25.3. The van der Waals surface area contributed by atoms with Crippen molar-refractivity contribution >= 4 is 29.5 Å². The number of hydrogen-bond donors (Lipinski definition) is 0. The average molecular weight is 520 g/mol. The zero-order chi connectivity index (χ0) is 26.7. The molecular weight excluding hydrogens is 485 g/mol. The van der Waals surface area contributed by atoms with Crippen LogP contribution in [0.2, 0.25) is 0 Å². The highest BCUT2D eigenvalue weighted by atomic mass is 16.9. The van der Waals surface area contributed by atoms with Crippen LogP contribution in [0.25, 0.3) is 16.8 Å². The predicted molar refractivity (Wildman–Crippen MR) is 159 cm³/mol. The molecule has 6 heteroatoms. The molecule has 0 radical (unpaired) electrons. The Bertz CT molecular complexity index is 1440. The zero-order valence-corrected chi connectivity index (χ0v) is 22.7. The van der Waals surface area contributed by atoms with E-state index >= 15 is 0 Å². The quantitative estimate of drug-likeness (QED) is 0.208. The molecule has 5 nitrogen and oxygen atoms in total. The van der Waals surface area contributed by atoms with Gasteiger partial charge >= 0.3 is 6.96 Å². The summed E-state index contributed by atoms with van der Waals surface area (Å²) in [6.45, 7) is 4.19. The van der Waals surface area contributed by atoms with Gasteiger partial charge in [0.25, 0.3) is 0 Å². The van der Waals surface area contributed by atoms with Crippen LogP contribution in [-0.2, 0) is 4.65 Å². The summed E-state index contributed by atoms with van der Waals surface area (Å²) in [6, 6.07) is 28.7. The van der Waals surface area contributed by atoms with Crippen molar-refractivity contribution in [2.45, 2.75) is 45.6 Å². The summed E-state index contributed by atoms with van der Waals surface area (Å²) in [5.74, 6) is 1.98.